The maximum Gasteiger partial charge on any atom is 0.233 e. The summed E-state index contributed by atoms with van der Waals surface area (Å²) in [6.45, 7) is 2.35. The van der Waals surface area contributed by atoms with Gasteiger partial charge >= 0.3 is 0 Å². The number of aromatic amines is 1. The predicted molar refractivity (Wildman–Crippen MR) is 84.4 cm³/mol. The van der Waals surface area contributed by atoms with E-state index in [4.69, 9.17) is 17.1 Å². The van der Waals surface area contributed by atoms with Gasteiger partial charge in [-0.3, -0.25) is 5.10 Å². The minimum Gasteiger partial charge on any atom is -0.395 e. The van der Waals surface area contributed by atoms with Crippen LogP contribution < -0.4 is 0 Å². The number of hydrogen-bond donors (Lipinski definition) is 1. The lowest BCUT2D eigenvalue weighted by atomic mass is 10.1. The molecule has 108 valence electrons. The molecule has 0 fully saturated rings. The highest BCUT2D eigenvalue weighted by Gasteiger charge is 2.07. The van der Waals surface area contributed by atoms with E-state index in [1.54, 1.807) is 4.52 Å². The summed E-state index contributed by atoms with van der Waals surface area (Å²) in [6.07, 6.45) is 0.606. The first kappa shape index (κ1) is 13.9. The molecular formula is C13H13N5OS2. The monoisotopic (exact) mass is 319 g/mol. The molecule has 3 aromatic rings. The highest BCUT2D eigenvalue weighted by molar-refractivity contribution is 7.73. The van der Waals surface area contributed by atoms with Crippen molar-refractivity contribution in [3.63, 3.8) is 0 Å². The number of H-pyrrole nitrogens is 1. The van der Waals surface area contributed by atoms with Crippen LogP contribution in [0.25, 0.3) is 4.96 Å². The molecule has 0 radical (unpaired) electrons. The summed E-state index contributed by atoms with van der Waals surface area (Å²) in [5.74, 6) is 0.782. The normalized spacial score (nSPS) is 12.0. The van der Waals surface area contributed by atoms with E-state index in [2.05, 4.69) is 20.5 Å². The Morgan fingerprint density at radius 3 is 3.00 bits per heavy atom. The van der Waals surface area contributed by atoms with Crippen LogP contribution in [0, 0.1) is 3.95 Å². The summed E-state index contributed by atoms with van der Waals surface area (Å²) in [7, 11) is 0. The molecule has 1 aromatic carbocycles. The summed E-state index contributed by atoms with van der Waals surface area (Å²) in [6, 6.07) is 9.91. The molecule has 0 spiro atoms. The smallest absolute Gasteiger partial charge is 0.233 e. The van der Waals surface area contributed by atoms with Gasteiger partial charge in [-0.1, -0.05) is 46.8 Å². The Kier molecular flexibility index (Phi) is 4.07. The second-order valence-electron chi connectivity index (χ2n) is 4.36. The average Bonchev–Trinajstić information content (AvgIpc) is 3.04. The molecule has 2 aromatic heterocycles. The molecular weight excluding hydrogens is 306 g/mol. The van der Waals surface area contributed by atoms with Gasteiger partial charge < -0.3 is 4.84 Å². The molecule has 0 bridgehead atoms. The molecule has 8 heteroatoms. The van der Waals surface area contributed by atoms with Gasteiger partial charge in [0.15, 0.2) is 9.78 Å². The Hall–Kier alpha value is -2.06. The van der Waals surface area contributed by atoms with Gasteiger partial charge in [0, 0.05) is 6.42 Å². The van der Waals surface area contributed by atoms with Gasteiger partial charge in [-0.05, 0) is 24.7 Å². The van der Waals surface area contributed by atoms with Crippen molar-refractivity contribution < 1.29 is 4.84 Å². The zero-order chi connectivity index (χ0) is 14.7. The Bertz CT molecular complexity index is 818. The molecule has 21 heavy (non-hydrogen) atoms. The van der Waals surface area contributed by atoms with Gasteiger partial charge in [-0.25, -0.2) is 4.52 Å². The molecule has 0 aliphatic rings. The zero-order valence-corrected chi connectivity index (χ0v) is 12.9. The van der Waals surface area contributed by atoms with E-state index in [-0.39, 0.29) is 0 Å². The lowest BCUT2D eigenvalue weighted by Crippen LogP contribution is -2.03. The number of rotatable bonds is 5. The Morgan fingerprint density at radius 2 is 2.19 bits per heavy atom. The molecule has 0 unspecified atom stereocenters. The van der Waals surface area contributed by atoms with Crippen molar-refractivity contribution in [2.45, 2.75) is 13.3 Å². The highest BCUT2D eigenvalue weighted by atomic mass is 32.1. The van der Waals surface area contributed by atoms with Crippen molar-refractivity contribution in [1.29, 1.82) is 0 Å². The largest absolute Gasteiger partial charge is 0.395 e. The fourth-order valence-electron chi connectivity index (χ4n) is 1.85. The molecule has 0 amide bonds. The van der Waals surface area contributed by atoms with Gasteiger partial charge in [0.05, 0.1) is 5.71 Å². The molecule has 6 nitrogen and oxygen atoms in total. The zero-order valence-electron chi connectivity index (χ0n) is 11.3. The number of hydrogen-bond acceptors (Lipinski definition) is 6. The van der Waals surface area contributed by atoms with E-state index in [9.17, 15) is 0 Å². The Labute approximate surface area is 130 Å². The van der Waals surface area contributed by atoms with E-state index < -0.39 is 0 Å². The number of fused-ring (bicyclic) bond motifs is 1. The SMILES string of the molecule is C/C(=N\OCCc1nnc2sc(=S)[nH]n12)c1ccccc1. The summed E-state index contributed by atoms with van der Waals surface area (Å²) < 4.78 is 2.46. The van der Waals surface area contributed by atoms with Crippen LogP contribution in [-0.4, -0.2) is 32.1 Å². The van der Waals surface area contributed by atoms with Crippen LogP contribution in [0.15, 0.2) is 35.5 Å². The van der Waals surface area contributed by atoms with Gasteiger partial charge in [0.1, 0.15) is 6.61 Å². The second-order valence-corrected chi connectivity index (χ2v) is 6.01. The quantitative estimate of drug-likeness (QED) is 0.340. The molecule has 0 saturated heterocycles. The summed E-state index contributed by atoms with van der Waals surface area (Å²) in [5.41, 5.74) is 1.89. The van der Waals surface area contributed by atoms with E-state index in [1.807, 2.05) is 37.3 Å². The first-order chi connectivity index (χ1) is 10.2. The summed E-state index contributed by atoms with van der Waals surface area (Å²) >= 11 is 6.47. The van der Waals surface area contributed by atoms with Crippen molar-refractivity contribution in [1.82, 2.24) is 19.8 Å². The molecule has 0 saturated carbocycles. The van der Waals surface area contributed by atoms with Crippen molar-refractivity contribution in [2.24, 2.45) is 5.16 Å². The van der Waals surface area contributed by atoms with E-state index in [0.717, 1.165) is 22.1 Å². The third kappa shape index (κ3) is 3.17. The topological polar surface area (TPSA) is 67.6 Å². The van der Waals surface area contributed by atoms with Gasteiger partial charge in [0.2, 0.25) is 4.96 Å². The maximum absolute atomic E-state index is 5.35. The molecule has 0 atom stereocenters. The first-order valence-electron chi connectivity index (χ1n) is 6.39. The lowest BCUT2D eigenvalue weighted by molar-refractivity contribution is 0.146. The van der Waals surface area contributed by atoms with E-state index in [1.165, 1.54) is 11.3 Å². The van der Waals surface area contributed by atoms with E-state index in [0.29, 0.717) is 17.0 Å². The summed E-state index contributed by atoms with van der Waals surface area (Å²) in [5, 5.41) is 15.3. The fraction of sp³-hybridized carbons (Fsp3) is 0.231. The van der Waals surface area contributed by atoms with Crippen molar-refractivity contribution >= 4 is 34.2 Å². The first-order valence-corrected chi connectivity index (χ1v) is 7.61. The minimum absolute atomic E-state index is 0.432. The average molecular weight is 319 g/mol. The summed E-state index contributed by atoms with van der Waals surface area (Å²) in [4.78, 5) is 6.11. The fourth-order valence-corrected chi connectivity index (χ4v) is 2.79. The molecule has 0 aliphatic carbocycles. The van der Waals surface area contributed by atoms with Crippen LogP contribution >= 0.6 is 23.6 Å². The predicted octanol–water partition coefficient (Wildman–Crippen LogP) is 2.83. The number of nitrogens with one attached hydrogen (secondary N) is 1. The van der Waals surface area contributed by atoms with Gasteiger partial charge in [-0.15, -0.1) is 10.2 Å². The molecule has 2 heterocycles. The minimum atomic E-state index is 0.432. The number of benzene rings is 1. The highest BCUT2D eigenvalue weighted by Crippen LogP contribution is 2.10. The van der Waals surface area contributed by atoms with Crippen LogP contribution in [0.2, 0.25) is 0 Å². The van der Waals surface area contributed by atoms with Gasteiger partial charge in [-0.2, -0.15) is 0 Å². The third-order valence-corrected chi connectivity index (χ3v) is 3.96. The van der Waals surface area contributed by atoms with Crippen LogP contribution in [0.5, 0.6) is 0 Å². The molecule has 0 aliphatic heterocycles. The van der Waals surface area contributed by atoms with Crippen LogP contribution in [-0.2, 0) is 11.3 Å². The number of oxime groups is 1. The number of nitrogens with zero attached hydrogens (tertiary/aromatic N) is 4. The van der Waals surface area contributed by atoms with Crippen molar-refractivity contribution in [3.05, 3.63) is 45.7 Å². The van der Waals surface area contributed by atoms with Crippen LogP contribution in [0.3, 0.4) is 0 Å². The molecule has 1 N–H and O–H groups in total. The lowest BCUT2D eigenvalue weighted by Gasteiger charge is -2.01. The Balaban J connectivity index is 1.60. The molecule has 3 rings (SSSR count). The number of aromatic nitrogens is 4. The van der Waals surface area contributed by atoms with Crippen molar-refractivity contribution in [3.8, 4) is 0 Å². The Morgan fingerprint density at radius 1 is 1.38 bits per heavy atom. The van der Waals surface area contributed by atoms with E-state index >= 15 is 0 Å². The standard InChI is InChI=1S/C13H13N5OS2/c1-9(10-5-3-2-4-6-10)17-19-8-7-11-14-15-12-18(11)16-13(20)21-12/h2-6H,7-8H2,1H3,(H,16,20)/b17-9+. The third-order valence-electron chi connectivity index (χ3n) is 2.90. The van der Waals surface area contributed by atoms with Gasteiger partial charge in [0.25, 0.3) is 0 Å². The maximum atomic E-state index is 5.35. The van der Waals surface area contributed by atoms with Crippen LogP contribution in [0.4, 0.5) is 0 Å². The second kappa shape index (κ2) is 6.15. The van der Waals surface area contributed by atoms with Crippen LogP contribution in [0.1, 0.15) is 18.3 Å². The van der Waals surface area contributed by atoms with Crippen molar-refractivity contribution in [2.75, 3.05) is 6.61 Å².